The third-order valence-electron chi connectivity index (χ3n) is 3.86. The number of sulfone groups is 1. The molecule has 0 spiro atoms. The van der Waals surface area contributed by atoms with E-state index in [1.807, 2.05) is 0 Å². The van der Waals surface area contributed by atoms with Gasteiger partial charge in [0, 0.05) is 30.8 Å². The standard InChI is InChI=1S/C16H20N2O4S/c1-3-8-17-15(19)12-5-4-6-13(10-12)16(20)18(2)14-7-9-23(21,22)11-14/h3-6,10,14H,1,7-9,11H2,2H3,(H,17,19). The van der Waals surface area contributed by atoms with Gasteiger partial charge in [-0.1, -0.05) is 12.1 Å². The SMILES string of the molecule is C=CCNC(=O)c1cccc(C(=O)N(C)C2CCS(=O)(=O)C2)c1. The Morgan fingerprint density at radius 3 is 2.70 bits per heavy atom. The molecular weight excluding hydrogens is 316 g/mol. The maximum atomic E-state index is 12.5. The van der Waals surface area contributed by atoms with Crippen LogP contribution in [0.1, 0.15) is 27.1 Å². The van der Waals surface area contributed by atoms with Gasteiger partial charge in [0.05, 0.1) is 11.5 Å². The van der Waals surface area contributed by atoms with Gasteiger partial charge in [0.15, 0.2) is 9.84 Å². The molecule has 2 rings (SSSR count). The van der Waals surface area contributed by atoms with Gasteiger partial charge in [0.1, 0.15) is 0 Å². The van der Waals surface area contributed by atoms with E-state index in [1.54, 1.807) is 31.3 Å². The van der Waals surface area contributed by atoms with Crippen LogP contribution in [0.25, 0.3) is 0 Å². The molecule has 1 fully saturated rings. The van der Waals surface area contributed by atoms with Crippen molar-refractivity contribution in [3.05, 3.63) is 48.0 Å². The van der Waals surface area contributed by atoms with E-state index in [-0.39, 0.29) is 29.4 Å². The lowest BCUT2D eigenvalue weighted by atomic mass is 10.1. The highest BCUT2D eigenvalue weighted by molar-refractivity contribution is 7.91. The molecule has 7 heteroatoms. The number of rotatable bonds is 5. The van der Waals surface area contributed by atoms with Crippen LogP contribution in [0.2, 0.25) is 0 Å². The lowest BCUT2D eigenvalue weighted by Crippen LogP contribution is -2.38. The topological polar surface area (TPSA) is 83.6 Å². The Morgan fingerprint density at radius 1 is 1.39 bits per heavy atom. The van der Waals surface area contributed by atoms with E-state index >= 15 is 0 Å². The molecule has 1 unspecified atom stereocenters. The molecule has 1 atom stereocenters. The monoisotopic (exact) mass is 336 g/mol. The zero-order valence-corrected chi connectivity index (χ0v) is 13.8. The molecule has 2 amide bonds. The van der Waals surface area contributed by atoms with Crippen LogP contribution in [-0.2, 0) is 9.84 Å². The minimum Gasteiger partial charge on any atom is -0.349 e. The van der Waals surface area contributed by atoms with Crippen LogP contribution in [0.15, 0.2) is 36.9 Å². The smallest absolute Gasteiger partial charge is 0.253 e. The molecule has 23 heavy (non-hydrogen) atoms. The van der Waals surface area contributed by atoms with Crippen molar-refractivity contribution in [3.8, 4) is 0 Å². The van der Waals surface area contributed by atoms with Gasteiger partial charge < -0.3 is 10.2 Å². The van der Waals surface area contributed by atoms with E-state index in [2.05, 4.69) is 11.9 Å². The molecule has 1 saturated heterocycles. The van der Waals surface area contributed by atoms with Gasteiger partial charge in [-0.25, -0.2) is 8.42 Å². The van der Waals surface area contributed by atoms with Gasteiger partial charge in [-0.3, -0.25) is 9.59 Å². The zero-order chi connectivity index (χ0) is 17.0. The Balaban J connectivity index is 2.13. The molecule has 0 aromatic heterocycles. The van der Waals surface area contributed by atoms with Gasteiger partial charge in [-0.05, 0) is 24.6 Å². The molecule has 1 heterocycles. The normalized spacial score (nSPS) is 19.1. The quantitative estimate of drug-likeness (QED) is 0.809. The highest BCUT2D eigenvalue weighted by atomic mass is 32.2. The van der Waals surface area contributed by atoms with Crippen molar-refractivity contribution in [1.29, 1.82) is 0 Å². The van der Waals surface area contributed by atoms with Crippen LogP contribution in [0, 0.1) is 0 Å². The lowest BCUT2D eigenvalue weighted by Gasteiger charge is -2.23. The highest BCUT2D eigenvalue weighted by Crippen LogP contribution is 2.19. The fourth-order valence-electron chi connectivity index (χ4n) is 2.51. The van der Waals surface area contributed by atoms with E-state index in [0.717, 1.165) is 0 Å². The average molecular weight is 336 g/mol. The van der Waals surface area contributed by atoms with Crippen molar-refractivity contribution < 1.29 is 18.0 Å². The fourth-order valence-corrected chi connectivity index (χ4v) is 4.29. The fraction of sp³-hybridized carbons (Fsp3) is 0.375. The van der Waals surface area contributed by atoms with Gasteiger partial charge in [-0.15, -0.1) is 6.58 Å². The molecule has 0 saturated carbocycles. The number of carbonyl (C=O) groups is 2. The summed E-state index contributed by atoms with van der Waals surface area (Å²) in [5, 5.41) is 2.65. The number of nitrogens with one attached hydrogen (secondary N) is 1. The van der Waals surface area contributed by atoms with Crippen molar-refractivity contribution in [2.75, 3.05) is 25.1 Å². The predicted octanol–water partition coefficient (Wildman–Crippen LogP) is 0.861. The Kier molecular flexibility index (Phi) is 5.20. The van der Waals surface area contributed by atoms with E-state index in [1.165, 1.54) is 11.0 Å². The van der Waals surface area contributed by atoms with Gasteiger partial charge >= 0.3 is 0 Å². The summed E-state index contributed by atoms with van der Waals surface area (Å²) < 4.78 is 23.1. The molecule has 0 radical (unpaired) electrons. The van der Waals surface area contributed by atoms with Crippen LogP contribution in [0.3, 0.4) is 0 Å². The van der Waals surface area contributed by atoms with E-state index in [4.69, 9.17) is 0 Å². The first-order valence-electron chi connectivity index (χ1n) is 7.31. The second-order valence-electron chi connectivity index (χ2n) is 5.55. The molecule has 6 nitrogen and oxygen atoms in total. The number of hydrogen-bond acceptors (Lipinski definition) is 4. The molecule has 0 aliphatic carbocycles. The van der Waals surface area contributed by atoms with Crippen LogP contribution >= 0.6 is 0 Å². The van der Waals surface area contributed by atoms with Gasteiger partial charge in [0.2, 0.25) is 0 Å². The Morgan fingerprint density at radius 2 is 2.09 bits per heavy atom. The summed E-state index contributed by atoms with van der Waals surface area (Å²) in [6.07, 6.45) is 2.02. The zero-order valence-electron chi connectivity index (χ0n) is 13.0. The number of nitrogens with zero attached hydrogens (tertiary/aromatic N) is 1. The van der Waals surface area contributed by atoms with Crippen LogP contribution in [0.4, 0.5) is 0 Å². The van der Waals surface area contributed by atoms with Crippen LogP contribution in [-0.4, -0.2) is 56.3 Å². The summed E-state index contributed by atoms with van der Waals surface area (Å²) in [5.41, 5.74) is 0.744. The molecule has 1 aromatic carbocycles. The molecule has 1 aliphatic heterocycles. The van der Waals surface area contributed by atoms with Gasteiger partial charge in [0.25, 0.3) is 11.8 Å². The number of benzene rings is 1. The molecule has 1 aliphatic rings. The predicted molar refractivity (Wildman–Crippen MR) is 88.1 cm³/mol. The maximum Gasteiger partial charge on any atom is 0.253 e. The Labute approximate surface area is 136 Å². The van der Waals surface area contributed by atoms with E-state index in [9.17, 15) is 18.0 Å². The number of hydrogen-bond donors (Lipinski definition) is 1. The molecular formula is C16H20N2O4S. The first-order valence-corrected chi connectivity index (χ1v) is 9.13. The van der Waals surface area contributed by atoms with E-state index in [0.29, 0.717) is 24.1 Å². The largest absolute Gasteiger partial charge is 0.349 e. The minimum absolute atomic E-state index is 0.00521. The number of carbonyl (C=O) groups excluding carboxylic acids is 2. The first-order chi connectivity index (χ1) is 10.8. The Hall–Kier alpha value is -2.15. The molecule has 0 bridgehead atoms. The third-order valence-corrected chi connectivity index (χ3v) is 5.61. The minimum atomic E-state index is -3.06. The summed E-state index contributed by atoms with van der Waals surface area (Å²) in [6.45, 7) is 3.87. The van der Waals surface area contributed by atoms with Gasteiger partial charge in [-0.2, -0.15) is 0 Å². The van der Waals surface area contributed by atoms with Crippen LogP contribution in [0.5, 0.6) is 0 Å². The van der Waals surface area contributed by atoms with E-state index < -0.39 is 9.84 Å². The summed E-state index contributed by atoms with van der Waals surface area (Å²) in [7, 11) is -1.46. The summed E-state index contributed by atoms with van der Waals surface area (Å²) in [4.78, 5) is 25.9. The Bertz CT molecular complexity index is 727. The maximum absolute atomic E-state index is 12.5. The lowest BCUT2D eigenvalue weighted by molar-refractivity contribution is 0.0747. The summed E-state index contributed by atoms with van der Waals surface area (Å²) >= 11 is 0. The second kappa shape index (κ2) is 6.95. The molecule has 1 N–H and O–H groups in total. The van der Waals surface area contributed by atoms with Crippen molar-refractivity contribution in [1.82, 2.24) is 10.2 Å². The van der Waals surface area contributed by atoms with Crippen molar-refractivity contribution in [2.45, 2.75) is 12.5 Å². The van der Waals surface area contributed by atoms with Crippen molar-refractivity contribution in [2.24, 2.45) is 0 Å². The molecule has 1 aromatic rings. The summed E-state index contributed by atoms with van der Waals surface area (Å²) in [6, 6.07) is 6.07. The number of amides is 2. The third kappa shape index (κ3) is 4.19. The average Bonchev–Trinajstić information content (AvgIpc) is 2.91. The highest BCUT2D eigenvalue weighted by Gasteiger charge is 2.33. The molecule has 124 valence electrons. The summed E-state index contributed by atoms with van der Waals surface area (Å²) in [5.74, 6) is -0.468. The first kappa shape index (κ1) is 17.2. The van der Waals surface area contributed by atoms with Crippen LogP contribution < -0.4 is 5.32 Å². The van der Waals surface area contributed by atoms with Crippen molar-refractivity contribution in [3.63, 3.8) is 0 Å². The van der Waals surface area contributed by atoms with Crippen molar-refractivity contribution >= 4 is 21.7 Å². The second-order valence-corrected chi connectivity index (χ2v) is 7.78.